The standard InChI is InChI=1S/C6H11ClN2O3/c7-2-5(10)3(8)1-4(9)6(11)12/h3-4H,1-2,8-9H2,(H,11,12). The highest BCUT2D eigenvalue weighted by molar-refractivity contribution is 6.28. The van der Waals surface area contributed by atoms with E-state index in [0.29, 0.717) is 0 Å². The third-order valence-electron chi connectivity index (χ3n) is 1.37. The van der Waals surface area contributed by atoms with E-state index >= 15 is 0 Å². The number of hydrogen-bond donors (Lipinski definition) is 3. The lowest BCUT2D eigenvalue weighted by molar-refractivity contribution is -0.138. The zero-order chi connectivity index (χ0) is 9.72. The number of carboxylic acids is 1. The van der Waals surface area contributed by atoms with Crippen molar-refractivity contribution in [1.82, 2.24) is 0 Å². The third-order valence-corrected chi connectivity index (χ3v) is 1.63. The van der Waals surface area contributed by atoms with Crippen molar-refractivity contribution in [1.29, 1.82) is 0 Å². The quantitative estimate of drug-likeness (QED) is 0.483. The minimum absolute atomic E-state index is 0.0825. The van der Waals surface area contributed by atoms with Gasteiger partial charge in [0.1, 0.15) is 6.04 Å². The summed E-state index contributed by atoms with van der Waals surface area (Å²) in [6.45, 7) is 0. The van der Waals surface area contributed by atoms with Crippen LogP contribution in [0.4, 0.5) is 0 Å². The Kier molecular flexibility index (Phi) is 4.80. The Labute approximate surface area is 74.7 Å². The highest BCUT2D eigenvalue weighted by Gasteiger charge is 2.20. The molecular weight excluding hydrogens is 184 g/mol. The Morgan fingerprint density at radius 2 is 1.83 bits per heavy atom. The van der Waals surface area contributed by atoms with Crippen molar-refractivity contribution >= 4 is 23.4 Å². The average molecular weight is 195 g/mol. The number of halogens is 1. The molecule has 0 fully saturated rings. The van der Waals surface area contributed by atoms with Gasteiger partial charge in [0.25, 0.3) is 0 Å². The van der Waals surface area contributed by atoms with Crippen LogP contribution >= 0.6 is 11.6 Å². The summed E-state index contributed by atoms with van der Waals surface area (Å²) in [5.41, 5.74) is 10.4. The molecule has 0 aliphatic rings. The second-order valence-corrected chi connectivity index (χ2v) is 2.65. The molecule has 2 atom stereocenters. The number of carbonyl (C=O) groups excluding carboxylic acids is 1. The Morgan fingerprint density at radius 3 is 2.17 bits per heavy atom. The number of carbonyl (C=O) groups is 2. The first kappa shape index (κ1) is 11.4. The second-order valence-electron chi connectivity index (χ2n) is 2.39. The van der Waals surface area contributed by atoms with Gasteiger partial charge in [0.2, 0.25) is 0 Å². The first-order valence-electron chi connectivity index (χ1n) is 3.31. The van der Waals surface area contributed by atoms with Crippen LogP contribution in [0.5, 0.6) is 0 Å². The lowest BCUT2D eigenvalue weighted by Crippen LogP contribution is -2.41. The summed E-state index contributed by atoms with van der Waals surface area (Å²) in [5.74, 6) is -1.78. The molecule has 0 bridgehead atoms. The molecule has 12 heavy (non-hydrogen) atoms. The van der Waals surface area contributed by atoms with Crippen LogP contribution in [0.3, 0.4) is 0 Å². The fraction of sp³-hybridized carbons (Fsp3) is 0.667. The summed E-state index contributed by atoms with van der Waals surface area (Å²) in [6.07, 6.45) is -0.0825. The van der Waals surface area contributed by atoms with Gasteiger partial charge in [0.05, 0.1) is 11.9 Å². The summed E-state index contributed by atoms with van der Waals surface area (Å²) < 4.78 is 0. The molecule has 0 aliphatic carbocycles. The van der Waals surface area contributed by atoms with E-state index in [0.717, 1.165) is 0 Å². The molecule has 0 spiro atoms. The Hall–Kier alpha value is -0.650. The maximum Gasteiger partial charge on any atom is 0.320 e. The van der Waals surface area contributed by atoms with Gasteiger partial charge in [-0.1, -0.05) is 0 Å². The zero-order valence-electron chi connectivity index (χ0n) is 6.37. The summed E-state index contributed by atoms with van der Waals surface area (Å²) >= 11 is 5.19. The van der Waals surface area contributed by atoms with Crippen LogP contribution < -0.4 is 11.5 Å². The number of rotatable bonds is 5. The summed E-state index contributed by atoms with van der Waals surface area (Å²) in [7, 11) is 0. The number of Topliss-reactive ketones (excluding diaryl/α,β-unsaturated/α-hetero) is 1. The molecule has 5 N–H and O–H groups in total. The predicted octanol–water partition coefficient (Wildman–Crippen LogP) is -1.08. The first-order valence-corrected chi connectivity index (χ1v) is 3.85. The van der Waals surface area contributed by atoms with E-state index in [4.69, 9.17) is 28.2 Å². The van der Waals surface area contributed by atoms with Gasteiger partial charge in [-0.3, -0.25) is 9.59 Å². The van der Waals surface area contributed by atoms with Crippen LogP contribution in [0, 0.1) is 0 Å². The number of alkyl halides is 1. The monoisotopic (exact) mass is 194 g/mol. The van der Waals surface area contributed by atoms with Crippen molar-refractivity contribution in [3.8, 4) is 0 Å². The van der Waals surface area contributed by atoms with Crippen LogP contribution in [-0.2, 0) is 9.59 Å². The Bertz CT molecular complexity index is 186. The van der Waals surface area contributed by atoms with Crippen molar-refractivity contribution in [2.75, 3.05) is 5.88 Å². The molecule has 0 saturated heterocycles. The predicted molar refractivity (Wildman–Crippen MR) is 43.9 cm³/mol. The van der Waals surface area contributed by atoms with Crippen molar-refractivity contribution in [3.63, 3.8) is 0 Å². The molecule has 2 unspecified atom stereocenters. The minimum atomic E-state index is -1.17. The molecule has 0 aromatic heterocycles. The van der Waals surface area contributed by atoms with Crippen molar-refractivity contribution < 1.29 is 14.7 Å². The largest absolute Gasteiger partial charge is 0.480 e. The highest BCUT2D eigenvalue weighted by Crippen LogP contribution is 1.96. The van der Waals surface area contributed by atoms with Gasteiger partial charge in [-0.15, -0.1) is 11.6 Å². The Balaban J connectivity index is 3.91. The maximum absolute atomic E-state index is 10.8. The second kappa shape index (κ2) is 5.08. The SMILES string of the molecule is NC(CC(N)C(=O)CCl)C(=O)O. The Morgan fingerprint density at radius 1 is 1.33 bits per heavy atom. The zero-order valence-corrected chi connectivity index (χ0v) is 7.12. The van der Waals surface area contributed by atoms with E-state index in [-0.39, 0.29) is 12.3 Å². The molecule has 0 aromatic rings. The molecule has 5 nitrogen and oxygen atoms in total. The molecule has 70 valence electrons. The number of nitrogens with two attached hydrogens (primary N) is 2. The van der Waals surface area contributed by atoms with E-state index in [1.165, 1.54) is 0 Å². The molecule has 0 aliphatic heterocycles. The maximum atomic E-state index is 10.8. The van der Waals surface area contributed by atoms with Gasteiger partial charge in [0.15, 0.2) is 5.78 Å². The summed E-state index contributed by atoms with van der Waals surface area (Å²) in [5, 5.41) is 8.36. The number of ketones is 1. The third kappa shape index (κ3) is 3.66. The van der Waals surface area contributed by atoms with Gasteiger partial charge in [0, 0.05) is 0 Å². The number of hydrogen-bond acceptors (Lipinski definition) is 4. The highest BCUT2D eigenvalue weighted by atomic mass is 35.5. The minimum Gasteiger partial charge on any atom is -0.480 e. The van der Waals surface area contributed by atoms with E-state index in [1.807, 2.05) is 0 Å². The van der Waals surface area contributed by atoms with Gasteiger partial charge >= 0.3 is 5.97 Å². The molecule has 0 aromatic carbocycles. The van der Waals surface area contributed by atoms with Gasteiger partial charge in [-0.05, 0) is 6.42 Å². The molecule has 0 amide bonds. The van der Waals surface area contributed by atoms with Gasteiger partial charge in [-0.25, -0.2) is 0 Å². The molecule has 0 radical (unpaired) electrons. The average Bonchev–Trinajstić information content (AvgIpc) is 2.02. The molecule has 0 rings (SSSR count). The van der Waals surface area contributed by atoms with E-state index < -0.39 is 23.8 Å². The van der Waals surface area contributed by atoms with Crippen molar-refractivity contribution in [3.05, 3.63) is 0 Å². The van der Waals surface area contributed by atoms with E-state index in [9.17, 15) is 9.59 Å². The first-order chi connectivity index (χ1) is 5.49. The lowest BCUT2D eigenvalue weighted by atomic mass is 10.1. The smallest absolute Gasteiger partial charge is 0.320 e. The van der Waals surface area contributed by atoms with Crippen LogP contribution in [0.1, 0.15) is 6.42 Å². The fourth-order valence-corrected chi connectivity index (χ4v) is 0.803. The number of aliphatic carboxylic acids is 1. The molecule has 6 heteroatoms. The van der Waals surface area contributed by atoms with E-state index in [2.05, 4.69) is 0 Å². The fourth-order valence-electron chi connectivity index (χ4n) is 0.605. The molecular formula is C6H11ClN2O3. The van der Waals surface area contributed by atoms with Crippen LogP contribution in [0.25, 0.3) is 0 Å². The van der Waals surface area contributed by atoms with Gasteiger partial charge in [-0.2, -0.15) is 0 Å². The summed E-state index contributed by atoms with van der Waals surface area (Å²) in [6, 6.07) is -1.99. The van der Waals surface area contributed by atoms with Crippen molar-refractivity contribution in [2.45, 2.75) is 18.5 Å². The topological polar surface area (TPSA) is 106 Å². The van der Waals surface area contributed by atoms with E-state index in [1.54, 1.807) is 0 Å². The number of carboxylic acid groups (broad SMARTS) is 1. The van der Waals surface area contributed by atoms with Crippen molar-refractivity contribution in [2.24, 2.45) is 11.5 Å². The molecule has 0 heterocycles. The summed E-state index contributed by atoms with van der Waals surface area (Å²) in [4.78, 5) is 21.0. The van der Waals surface area contributed by atoms with Gasteiger partial charge < -0.3 is 16.6 Å². The normalized spacial score (nSPS) is 15.2. The van der Waals surface area contributed by atoms with Crippen LogP contribution in [0.15, 0.2) is 0 Å². The molecule has 0 saturated carbocycles. The van der Waals surface area contributed by atoms with Crippen LogP contribution in [-0.4, -0.2) is 34.8 Å². The van der Waals surface area contributed by atoms with Crippen LogP contribution in [0.2, 0.25) is 0 Å². The lowest BCUT2D eigenvalue weighted by Gasteiger charge is -2.11.